The fraction of sp³-hybridized carbons (Fsp3) is 0.0213. The van der Waals surface area contributed by atoms with E-state index in [2.05, 4.69) is 88.1 Å². The van der Waals surface area contributed by atoms with Gasteiger partial charge in [0, 0.05) is 49.9 Å². The number of nitrogens with zero attached hydrogens (tertiary/aromatic N) is 2. The molecule has 8 heteroatoms. The molecular formula is C47H33N5O3. The van der Waals surface area contributed by atoms with Crippen LogP contribution in [0.15, 0.2) is 140 Å². The zero-order chi connectivity index (χ0) is 37.3. The van der Waals surface area contributed by atoms with Gasteiger partial charge in [0.2, 0.25) is 0 Å². The first-order chi connectivity index (χ1) is 27.0. The van der Waals surface area contributed by atoms with Gasteiger partial charge >= 0.3 is 5.97 Å². The minimum absolute atomic E-state index is 0.355. The molecule has 0 atom stereocenters. The standard InChI is InChI=1S/C47H33N5O3/c53-42(54)28-48-47(55)33-18-16-32(17-19-33)46-40-26-24-38(51-40)44(30-12-6-2-7-13-30)36-22-20-34(49-36)43(29-10-4-1-5-11-29)35-21-23-37(50-35)45(31-14-8-3-9-15-31)39-25-27-41(46)52-39/h1-27,49,52H,28H2,(H,48,55)(H,53,54). The highest BCUT2D eigenvalue weighted by atomic mass is 16.4. The Kier molecular flexibility index (Phi) is 8.53. The van der Waals surface area contributed by atoms with E-state index in [-0.39, 0.29) is 0 Å². The lowest BCUT2D eigenvalue weighted by Crippen LogP contribution is -2.29. The van der Waals surface area contributed by atoms with Crippen LogP contribution in [-0.4, -0.2) is 43.5 Å². The quantitative estimate of drug-likeness (QED) is 0.131. The first-order valence-corrected chi connectivity index (χ1v) is 17.9. The molecule has 7 aromatic rings. The monoisotopic (exact) mass is 715 g/mol. The van der Waals surface area contributed by atoms with Crippen molar-refractivity contribution < 1.29 is 14.7 Å². The van der Waals surface area contributed by atoms with Gasteiger partial charge < -0.3 is 20.4 Å². The van der Waals surface area contributed by atoms with Gasteiger partial charge in [0.25, 0.3) is 5.91 Å². The second-order valence-corrected chi connectivity index (χ2v) is 13.3. The van der Waals surface area contributed by atoms with Crippen molar-refractivity contribution in [2.24, 2.45) is 0 Å². The maximum Gasteiger partial charge on any atom is 0.322 e. The van der Waals surface area contributed by atoms with Crippen LogP contribution < -0.4 is 5.32 Å². The number of carboxylic acid groups (broad SMARTS) is 1. The molecule has 4 aromatic carbocycles. The number of carboxylic acids is 1. The SMILES string of the molecule is O=C(O)CNC(=O)c1ccc(-c2c3nc(c(-c4ccccc4)c4ccc([nH]4)c(-c4ccccc4)c4nc(c(-c5ccccc5)c5ccc2[nH]5)C=C4)C=C3)cc1. The van der Waals surface area contributed by atoms with Crippen LogP contribution in [-0.2, 0) is 4.79 Å². The lowest BCUT2D eigenvalue weighted by molar-refractivity contribution is -0.135. The molecule has 0 spiro atoms. The Hall–Kier alpha value is -7.58. The average Bonchev–Trinajstić information content (AvgIpc) is 4.07. The van der Waals surface area contributed by atoms with Crippen molar-refractivity contribution in [2.45, 2.75) is 0 Å². The highest BCUT2D eigenvalue weighted by molar-refractivity contribution is 6.01. The third-order valence-electron chi connectivity index (χ3n) is 9.78. The normalized spacial score (nSPS) is 11.8. The van der Waals surface area contributed by atoms with Crippen LogP contribution in [0.25, 0.3) is 90.9 Å². The van der Waals surface area contributed by atoms with Gasteiger partial charge in [-0.3, -0.25) is 9.59 Å². The topological polar surface area (TPSA) is 124 Å². The molecule has 2 aliphatic rings. The van der Waals surface area contributed by atoms with E-state index in [1.165, 1.54) is 0 Å². The summed E-state index contributed by atoms with van der Waals surface area (Å²) in [7, 11) is 0. The summed E-state index contributed by atoms with van der Waals surface area (Å²) in [6.07, 6.45) is 8.23. The number of aliphatic carboxylic acids is 1. The van der Waals surface area contributed by atoms with E-state index >= 15 is 0 Å². The number of rotatable bonds is 7. The van der Waals surface area contributed by atoms with E-state index in [0.717, 1.165) is 89.4 Å². The van der Waals surface area contributed by atoms with E-state index in [9.17, 15) is 9.59 Å². The molecule has 8 nitrogen and oxygen atoms in total. The largest absolute Gasteiger partial charge is 0.480 e. The minimum Gasteiger partial charge on any atom is -0.480 e. The number of amides is 1. The molecule has 2 aliphatic heterocycles. The van der Waals surface area contributed by atoms with E-state index in [1.807, 2.05) is 78.9 Å². The number of H-pyrrole nitrogens is 2. The van der Waals surface area contributed by atoms with E-state index in [0.29, 0.717) is 5.56 Å². The summed E-state index contributed by atoms with van der Waals surface area (Å²) in [5.74, 6) is -1.57. The molecule has 3 aromatic heterocycles. The number of carbonyl (C=O) groups is 2. The Morgan fingerprint density at radius 3 is 1.11 bits per heavy atom. The molecule has 0 saturated heterocycles. The van der Waals surface area contributed by atoms with Gasteiger partial charge in [0.15, 0.2) is 0 Å². The van der Waals surface area contributed by atoms with Crippen molar-refractivity contribution in [1.29, 1.82) is 0 Å². The number of fused-ring (bicyclic) bond motifs is 8. The number of benzene rings is 4. The Bertz CT molecular complexity index is 2800. The molecule has 5 heterocycles. The molecule has 8 bridgehead atoms. The number of hydrogen-bond acceptors (Lipinski definition) is 4. The second-order valence-electron chi connectivity index (χ2n) is 13.3. The van der Waals surface area contributed by atoms with Gasteiger partial charge in [0.05, 0.1) is 22.8 Å². The van der Waals surface area contributed by atoms with Gasteiger partial charge in [-0.25, -0.2) is 9.97 Å². The van der Waals surface area contributed by atoms with Crippen LogP contribution in [0.2, 0.25) is 0 Å². The molecule has 55 heavy (non-hydrogen) atoms. The lowest BCUT2D eigenvalue weighted by atomic mass is 10.0. The number of aromatic amines is 2. The van der Waals surface area contributed by atoms with Crippen molar-refractivity contribution in [2.75, 3.05) is 6.54 Å². The van der Waals surface area contributed by atoms with Crippen molar-refractivity contribution >= 4 is 58.2 Å². The van der Waals surface area contributed by atoms with Crippen molar-refractivity contribution in [3.63, 3.8) is 0 Å². The highest BCUT2D eigenvalue weighted by Gasteiger charge is 2.19. The summed E-state index contributed by atoms with van der Waals surface area (Å²) in [4.78, 5) is 41.9. The number of nitrogens with one attached hydrogen (secondary N) is 3. The van der Waals surface area contributed by atoms with E-state index < -0.39 is 18.4 Å². The Morgan fingerprint density at radius 1 is 0.455 bits per heavy atom. The van der Waals surface area contributed by atoms with Gasteiger partial charge in [-0.05, 0) is 83.0 Å². The van der Waals surface area contributed by atoms with Gasteiger partial charge in [-0.2, -0.15) is 0 Å². The minimum atomic E-state index is -1.11. The summed E-state index contributed by atoms with van der Waals surface area (Å²) in [6, 6.07) is 46.3. The average molecular weight is 716 g/mol. The molecule has 0 unspecified atom stereocenters. The smallest absolute Gasteiger partial charge is 0.322 e. The molecule has 1 amide bonds. The zero-order valence-corrected chi connectivity index (χ0v) is 29.5. The summed E-state index contributed by atoms with van der Waals surface area (Å²) < 4.78 is 0. The van der Waals surface area contributed by atoms with E-state index in [1.54, 1.807) is 12.1 Å². The third kappa shape index (κ3) is 6.42. The van der Waals surface area contributed by atoms with Gasteiger partial charge in [-0.15, -0.1) is 0 Å². The van der Waals surface area contributed by atoms with Gasteiger partial charge in [-0.1, -0.05) is 103 Å². The lowest BCUT2D eigenvalue weighted by Gasteiger charge is -2.08. The summed E-state index contributed by atoms with van der Waals surface area (Å²) in [6.45, 7) is -0.461. The predicted molar refractivity (Wildman–Crippen MR) is 221 cm³/mol. The molecule has 0 fully saturated rings. The van der Waals surface area contributed by atoms with Crippen LogP contribution >= 0.6 is 0 Å². The van der Waals surface area contributed by atoms with Gasteiger partial charge in [0.1, 0.15) is 6.54 Å². The molecule has 264 valence electrons. The fourth-order valence-corrected chi connectivity index (χ4v) is 7.28. The second kappa shape index (κ2) is 14.1. The molecule has 9 rings (SSSR count). The number of hydrogen-bond donors (Lipinski definition) is 4. The maximum absolute atomic E-state index is 12.7. The Morgan fingerprint density at radius 2 is 0.782 bits per heavy atom. The summed E-state index contributed by atoms with van der Waals surface area (Å²) in [5, 5.41) is 11.5. The molecule has 0 radical (unpaired) electrons. The Balaban J connectivity index is 1.39. The van der Waals surface area contributed by atoms with Crippen LogP contribution in [0.4, 0.5) is 0 Å². The van der Waals surface area contributed by atoms with Crippen LogP contribution in [0.5, 0.6) is 0 Å². The van der Waals surface area contributed by atoms with Crippen LogP contribution in [0, 0.1) is 0 Å². The predicted octanol–water partition coefficient (Wildman–Crippen LogP) is 10.1. The molecule has 4 N–H and O–H groups in total. The molecule has 0 aliphatic carbocycles. The van der Waals surface area contributed by atoms with Crippen molar-refractivity contribution in [3.8, 4) is 44.5 Å². The summed E-state index contributed by atoms with van der Waals surface area (Å²) in [5.41, 5.74) is 14.7. The third-order valence-corrected chi connectivity index (χ3v) is 9.78. The van der Waals surface area contributed by atoms with Crippen LogP contribution in [0.3, 0.4) is 0 Å². The highest BCUT2D eigenvalue weighted by Crippen LogP contribution is 2.38. The zero-order valence-electron chi connectivity index (χ0n) is 29.5. The van der Waals surface area contributed by atoms with Crippen LogP contribution in [0.1, 0.15) is 33.1 Å². The number of aromatic nitrogens is 4. The number of carbonyl (C=O) groups excluding carboxylic acids is 1. The molecule has 0 saturated carbocycles. The Labute approximate surface area is 316 Å². The van der Waals surface area contributed by atoms with E-state index in [4.69, 9.17) is 15.1 Å². The first-order valence-electron chi connectivity index (χ1n) is 17.9. The fourth-order valence-electron chi connectivity index (χ4n) is 7.28. The maximum atomic E-state index is 12.7. The van der Waals surface area contributed by atoms with Crippen molar-refractivity contribution in [3.05, 3.63) is 168 Å². The molecular weight excluding hydrogens is 683 g/mol. The first kappa shape index (κ1) is 33.3. The van der Waals surface area contributed by atoms with Crippen molar-refractivity contribution in [1.82, 2.24) is 25.3 Å². The summed E-state index contributed by atoms with van der Waals surface area (Å²) >= 11 is 0.